The molecule has 2 aliphatic heterocycles. The molecule has 2 aliphatic rings. The number of aromatic nitrogens is 2. The number of benzene rings is 3. The van der Waals surface area contributed by atoms with Gasteiger partial charge in [-0.25, -0.2) is 4.98 Å². The van der Waals surface area contributed by atoms with Crippen LogP contribution in [-0.4, -0.2) is 44.5 Å². The van der Waals surface area contributed by atoms with E-state index in [2.05, 4.69) is 80.6 Å². The molecule has 5 aromatic rings. The van der Waals surface area contributed by atoms with E-state index in [0.29, 0.717) is 38.2 Å². The number of thiazole rings is 1. The Morgan fingerprint density at radius 1 is 1.04 bits per heavy atom. The van der Waals surface area contributed by atoms with Crippen LogP contribution in [0.3, 0.4) is 0 Å². The number of rotatable bonds is 7. The van der Waals surface area contributed by atoms with Gasteiger partial charge in [-0.05, 0) is 82.0 Å². The topological polar surface area (TPSA) is 104 Å². The SMILES string of the molecule is Cc1ccc(Nc2c(C#N)cnc3c(Cl)cc(N[C@H](C4=CN(C5CCN(C(C)(C)C)CC5)NN4)c4cccc5ncsc45)cc23)cc1Cl. The first kappa shape index (κ1) is 32.4. The second-order valence-electron chi connectivity index (χ2n) is 13.3. The standard InChI is InChI=1S/C36H37Cl2N9S/c1-21-8-9-23(15-28(21)37)42-32-22(17-39)18-40-33-27(32)14-24(16-29(33)38)43-34(26-6-5-7-30-35(26)48-20-41-30)31-19-47(45-44-31)25-10-12-46(13-11-25)36(2,3)4/h5-9,14-16,18-20,25,34,43-45H,10-13H2,1-4H3,(H,40,42)/t34-/m0/s1. The minimum atomic E-state index is -0.269. The van der Waals surface area contributed by atoms with Gasteiger partial charge in [0.05, 0.1) is 49.3 Å². The third-order valence-corrected chi connectivity index (χ3v) is 10.8. The Balaban J connectivity index is 1.26. The molecule has 246 valence electrons. The Bertz CT molecular complexity index is 2070. The lowest BCUT2D eigenvalue weighted by Crippen LogP contribution is -2.52. The van der Waals surface area contributed by atoms with Crippen LogP contribution in [0.5, 0.6) is 0 Å². The number of halogens is 2. The third-order valence-electron chi connectivity index (χ3n) is 9.22. The van der Waals surface area contributed by atoms with Crippen LogP contribution in [-0.2, 0) is 0 Å². The summed E-state index contributed by atoms with van der Waals surface area (Å²) < 4.78 is 1.11. The summed E-state index contributed by atoms with van der Waals surface area (Å²) in [6.45, 7) is 10.9. The van der Waals surface area contributed by atoms with Crippen molar-refractivity contribution >= 4 is 72.7 Å². The molecule has 0 unspecified atom stereocenters. The lowest BCUT2D eigenvalue weighted by atomic mass is 9.97. The van der Waals surface area contributed by atoms with Gasteiger partial charge >= 0.3 is 0 Å². The summed E-state index contributed by atoms with van der Waals surface area (Å²) in [6.07, 6.45) is 5.86. The van der Waals surface area contributed by atoms with Crippen molar-refractivity contribution in [2.45, 2.75) is 58.2 Å². The molecule has 1 fully saturated rings. The summed E-state index contributed by atoms with van der Waals surface area (Å²) in [5.41, 5.74) is 16.1. The summed E-state index contributed by atoms with van der Waals surface area (Å²) in [6, 6.07) is 18.2. The van der Waals surface area contributed by atoms with Crippen LogP contribution < -0.4 is 21.6 Å². The number of pyridine rings is 1. The van der Waals surface area contributed by atoms with E-state index < -0.39 is 0 Å². The van der Waals surface area contributed by atoms with Gasteiger partial charge in [-0.3, -0.25) is 14.9 Å². The molecule has 4 heterocycles. The van der Waals surface area contributed by atoms with Gasteiger partial charge in [0, 0.05) is 58.9 Å². The first-order valence-electron chi connectivity index (χ1n) is 16.0. The molecule has 0 saturated carbocycles. The third kappa shape index (κ3) is 6.37. The minimum Gasteiger partial charge on any atom is -0.373 e. The lowest BCUT2D eigenvalue weighted by Gasteiger charge is -2.42. The number of hydrogen-bond acceptors (Lipinski definition) is 10. The number of fused-ring (bicyclic) bond motifs is 2. The fraction of sp³-hybridized carbons (Fsp3) is 0.306. The number of nitrogens with zero attached hydrogens (tertiary/aromatic N) is 5. The minimum absolute atomic E-state index is 0.165. The summed E-state index contributed by atoms with van der Waals surface area (Å²) in [4.78, 5) is 11.7. The number of aryl methyl sites for hydroxylation is 1. The molecule has 4 N–H and O–H groups in total. The Kier molecular flexibility index (Phi) is 8.83. The van der Waals surface area contributed by atoms with Gasteiger partial charge in [-0.15, -0.1) is 16.9 Å². The smallest absolute Gasteiger partial charge is 0.103 e. The molecule has 0 amide bonds. The van der Waals surface area contributed by atoms with E-state index in [9.17, 15) is 5.26 Å². The van der Waals surface area contributed by atoms with Gasteiger partial charge in [0.1, 0.15) is 6.07 Å². The quantitative estimate of drug-likeness (QED) is 0.133. The summed E-state index contributed by atoms with van der Waals surface area (Å²) in [7, 11) is 0. The van der Waals surface area contributed by atoms with Gasteiger partial charge < -0.3 is 16.1 Å². The Labute approximate surface area is 294 Å². The largest absolute Gasteiger partial charge is 0.373 e. The second kappa shape index (κ2) is 13.1. The van der Waals surface area contributed by atoms with Gasteiger partial charge in [-0.2, -0.15) is 5.26 Å². The van der Waals surface area contributed by atoms with Crippen molar-refractivity contribution in [2.75, 3.05) is 23.7 Å². The van der Waals surface area contributed by atoms with E-state index in [1.54, 1.807) is 17.5 Å². The fourth-order valence-electron chi connectivity index (χ4n) is 6.50. The molecule has 0 radical (unpaired) electrons. The number of piperidine rings is 1. The predicted octanol–water partition coefficient (Wildman–Crippen LogP) is 8.66. The van der Waals surface area contributed by atoms with Crippen molar-refractivity contribution < 1.29 is 0 Å². The van der Waals surface area contributed by atoms with Gasteiger partial charge in [-0.1, -0.05) is 41.4 Å². The van der Waals surface area contributed by atoms with E-state index in [4.69, 9.17) is 23.2 Å². The van der Waals surface area contributed by atoms with Crippen LogP contribution in [0.15, 0.2) is 72.1 Å². The molecule has 3 aromatic carbocycles. The lowest BCUT2D eigenvalue weighted by molar-refractivity contribution is 0.0570. The molecule has 0 bridgehead atoms. The number of hydrazine groups is 2. The zero-order valence-electron chi connectivity index (χ0n) is 27.2. The molecule has 48 heavy (non-hydrogen) atoms. The van der Waals surface area contributed by atoms with Gasteiger partial charge in [0.2, 0.25) is 0 Å². The molecule has 7 rings (SSSR count). The van der Waals surface area contributed by atoms with Crippen LogP contribution in [0.2, 0.25) is 10.0 Å². The van der Waals surface area contributed by atoms with Crippen molar-refractivity contribution in [3.63, 3.8) is 0 Å². The maximum Gasteiger partial charge on any atom is 0.103 e. The predicted molar refractivity (Wildman–Crippen MR) is 197 cm³/mol. The maximum atomic E-state index is 10.1. The number of nitriles is 1. The van der Waals surface area contributed by atoms with Crippen LogP contribution in [0.4, 0.5) is 17.1 Å². The van der Waals surface area contributed by atoms with E-state index >= 15 is 0 Å². The van der Waals surface area contributed by atoms with E-state index in [1.807, 2.05) is 54.9 Å². The molecule has 1 saturated heterocycles. The molecule has 0 aliphatic carbocycles. The zero-order chi connectivity index (χ0) is 33.6. The average molecular weight is 699 g/mol. The fourth-order valence-corrected chi connectivity index (χ4v) is 7.79. The highest BCUT2D eigenvalue weighted by atomic mass is 35.5. The van der Waals surface area contributed by atoms with Crippen LogP contribution in [0, 0.1) is 18.3 Å². The molecule has 9 nitrogen and oxygen atoms in total. The van der Waals surface area contributed by atoms with Crippen molar-refractivity contribution in [1.82, 2.24) is 30.8 Å². The molecule has 2 aromatic heterocycles. The zero-order valence-corrected chi connectivity index (χ0v) is 29.6. The molecule has 0 spiro atoms. The van der Waals surface area contributed by atoms with Gasteiger partial charge in [0.25, 0.3) is 0 Å². The maximum absolute atomic E-state index is 10.1. The number of hydrogen-bond donors (Lipinski definition) is 4. The highest BCUT2D eigenvalue weighted by Gasteiger charge is 2.32. The van der Waals surface area contributed by atoms with Crippen molar-refractivity contribution in [3.05, 3.63) is 98.9 Å². The highest BCUT2D eigenvalue weighted by molar-refractivity contribution is 7.17. The molecule has 12 heteroatoms. The van der Waals surface area contributed by atoms with Crippen LogP contribution in [0.25, 0.3) is 21.1 Å². The van der Waals surface area contributed by atoms with Crippen LogP contribution >= 0.6 is 34.5 Å². The molecule has 1 atom stereocenters. The first-order valence-corrected chi connectivity index (χ1v) is 17.6. The average Bonchev–Trinajstić information content (AvgIpc) is 3.76. The Hall–Kier alpha value is -4.11. The van der Waals surface area contributed by atoms with Crippen molar-refractivity contribution in [3.8, 4) is 6.07 Å². The van der Waals surface area contributed by atoms with Gasteiger partial charge in [0.15, 0.2) is 0 Å². The monoisotopic (exact) mass is 697 g/mol. The number of anilines is 3. The summed E-state index contributed by atoms with van der Waals surface area (Å²) in [5.74, 6) is 0. The van der Waals surface area contributed by atoms with E-state index in [1.165, 1.54) is 0 Å². The number of nitrogens with one attached hydrogen (secondary N) is 4. The molecular weight excluding hydrogens is 661 g/mol. The van der Waals surface area contributed by atoms with Crippen LogP contribution in [0.1, 0.15) is 56.3 Å². The highest BCUT2D eigenvalue weighted by Crippen LogP contribution is 2.39. The summed E-state index contributed by atoms with van der Waals surface area (Å²) >= 11 is 15.0. The molecular formula is C36H37Cl2N9S. The summed E-state index contributed by atoms with van der Waals surface area (Å²) in [5, 5.41) is 21.3. The van der Waals surface area contributed by atoms with E-state index in [-0.39, 0.29) is 11.6 Å². The Morgan fingerprint density at radius 3 is 2.58 bits per heavy atom. The number of likely N-dealkylation sites (tertiary alicyclic amines) is 1. The Morgan fingerprint density at radius 2 is 1.83 bits per heavy atom. The second-order valence-corrected chi connectivity index (χ2v) is 15.0. The van der Waals surface area contributed by atoms with Crippen molar-refractivity contribution in [2.24, 2.45) is 0 Å². The normalized spacial score (nSPS) is 16.5. The van der Waals surface area contributed by atoms with E-state index in [0.717, 1.165) is 64.3 Å². The van der Waals surface area contributed by atoms with Crippen molar-refractivity contribution in [1.29, 1.82) is 5.26 Å². The first-order chi connectivity index (χ1) is 23.1.